The molecule has 2 amide bonds. The number of azo groups is 2. The number of nitrogens with two attached hydrogens (primary N) is 1. The van der Waals surface area contributed by atoms with Crippen LogP contribution >= 0.6 is 0 Å². The standard InChI is InChI=1S/C41H31N7O10S2.2Na/c1-22-2-11-28(12-3-22)45-48-37-34(59(53,54)55)19-25-8-15-31(21-33(25)39(37)50)44-41(52)24-6-13-29(14-7-24)46-47-36-35(60(56,57)58)20-26-18-30(16-17-32(26)38(36)49)43-40(51)23-4-9-27(42)10-5-23;;/h2-21,49-50H,42H2,1H3,(H,43,51)(H,44,52)(H,53,54,55)(H,56,57,58);;/q;2*+1/p-2. The Morgan fingerprint density at radius 2 is 0.984 bits per heavy atom. The smallest absolute Gasteiger partial charge is 0.871 e. The Morgan fingerprint density at radius 1 is 0.548 bits per heavy atom. The molecule has 0 radical (unpaired) electrons. The van der Waals surface area contributed by atoms with Gasteiger partial charge < -0.3 is 26.6 Å². The number of amides is 2. The van der Waals surface area contributed by atoms with Gasteiger partial charge in [0.15, 0.2) is 0 Å². The zero-order valence-electron chi connectivity index (χ0n) is 32.9. The number of fused-ring (bicyclic) bond motifs is 2. The Morgan fingerprint density at radius 3 is 1.50 bits per heavy atom. The van der Waals surface area contributed by atoms with E-state index in [0.29, 0.717) is 16.9 Å². The molecule has 0 fully saturated rings. The monoisotopic (exact) mass is 889 g/mol. The number of carbonyl (C=O) groups is 2. The first kappa shape index (κ1) is 47.5. The van der Waals surface area contributed by atoms with Gasteiger partial charge in [-0.3, -0.25) is 18.7 Å². The summed E-state index contributed by atoms with van der Waals surface area (Å²) in [6.45, 7) is 1.85. The molecule has 0 aliphatic rings. The SMILES string of the molecule is Cc1ccc(N=Nc2c(S(=O)(=O)O)cc3ccc(NC(=O)c4ccc(N=Nc5c(S(=O)(=O)O)cc6cc(NC(=O)c7ccc(N)cc7)ccc6c5[O-])cc4)cc3c2[O-])cc1.[Na+].[Na+]. The van der Waals surface area contributed by atoms with Crippen molar-refractivity contribution < 1.29 is 105 Å². The van der Waals surface area contributed by atoms with E-state index in [4.69, 9.17) is 5.73 Å². The summed E-state index contributed by atoms with van der Waals surface area (Å²) in [6.07, 6.45) is 0. The molecule has 7 aromatic carbocycles. The second-order valence-corrected chi connectivity index (χ2v) is 16.0. The third-order valence-electron chi connectivity index (χ3n) is 9.00. The van der Waals surface area contributed by atoms with Crippen LogP contribution in [0.15, 0.2) is 152 Å². The minimum atomic E-state index is -5.00. The first-order chi connectivity index (χ1) is 28.4. The summed E-state index contributed by atoms with van der Waals surface area (Å²) < 4.78 is 69.0. The Labute approximate surface area is 397 Å². The number of hydrogen-bond donors (Lipinski definition) is 5. The number of aryl methyl sites for hydroxylation is 1. The molecule has 21 heteroatoms. The summed E-state index contributed by atoms with van der Waals surface area (Å²) >= 11 is 0. The molecule has 7 aromatic rings. The second kappa shape index (κ2) is 19.2. The topological polar surface area (TPSA) is 289 Å². The summed E-state index contributed by atoms with van der Waals surface area (Å²) in [7, 11) is -9.89. The summed E-state index contributed by atoms with van der Waals surface area (Å²) in [6, 6.07) is 28.6. The van der Waals surface area contributed by atoms with Gasteiger partial charge in [-0.1, -0.05) is 41.3 Å². The van der Waals surface area contributed by atoms with Crippen LogP contribution in [0.5, 0.6) is 11.5 Å². The summed E-state index contributed by atoms with van der Waals surface area (Å²) in [5.74, 6) is -2.86. The third kappa shape index (κ3) is 10.7. The number of anilines is 3. The molecule has 0 bridgehead atoms. The van der Waals surface area contributed by atoms with Gasteiger partial charge in [-0.15, -0.1) is 10.2 Å². The maximum absolute atomic E-state index is 13.5. The van der Waals surface area contributed by atoms with E-state index in [1.807, 2.05) is 6.92 Å². The van der Waals surface area contributed by atoms with E-state index in [-0.39, 0.29) is 103 Å². The van der Waals surface area contributed by atoms with Crippen molar-refractivity contribution in [3.05, 3.63) is 138 Å². The number of hydrogen-bond acceptors (Lipinski definition) is 13. The van der Waals surface area contributed by atoms with Crippen LogP contribution in [-0.2, 0) is 20.2 Å². The van der Waals surface area contributed by atoms with Crippen molar-refractivity contribution in [2.45, 2.75) is 16.7 Å². The fourth-order valence-electron chi connectivity index (χ4n) is 5.95. The second-order valence-electron chi connectivity index (χ2n) is 13.2. The number of nitrogens with zero attached hydrogens (tertiary/aromatic N) is 4. The van der Waals surface area contributed by atoms with Crippen LogP contribution in [0.25, 0.3) is 21.5 Å². The summed E-state index contributed by atoms with van der Waals surface area (Å²) in [5, 5.41) is 48.1. The Hall–Kier alpha value is -5.58. The van der Waals surface area contributed by atoms with Gasteiger partial charge in [-0.05, 0) is 126 Å². The maximum Gasteiger partial charge on any atom is 1.00 e. The van der Waals surface area contributed by atoms with Crippen molar-refractivity contribution in [1.29, 1.82) is 0 Å². The maximum atomic E-state index is 13.5. The zero-order valence-corrected chi connectivity index (χ0v) is 38.5. The van der Waals surface area contributed by atoms with Crippen LogP contribution in [-0.4, -0.2) is 37.8 Å². The number of benzene rings is 7. The van der Waals surface area contributed by atoms with Gasteiger partial charge in [0.05, 0.1) is 22.7 Å². The van der Waals surface area contributed by atoms with Crippen molar-refractivity contribution in [3.8, 4) is 11.5 Å². The molecule has 6 N–H and O–H groups in total. The zero-order chi connectivity index (χ0) is 42.9. The van der Waals surface area contributed by atoms with Crippen LogP contribution in [0.3, 0.4) is 0 Å². The molecule has 0 aliphatic carbocycles. The van der Waals surface area contributed by atoms with E-state index < -0.39 is 64.7 Å². The number of nitrogen functional groups attached to an aromatic ring is 1. The average Bonchev–Trinajstić information content (AvgIpc) is 3.20. The molecule has 0 saturated carbocycles. The quantitative estimate of drug-likeness (QED) is 0.0572. The minimum Gasteiger partial charge on any atom is -0.871 e. The van der Waals surface area contributed by atoms with Gasteiger partial charge in [0.25, 0.3) is 32.1 Å². The van der Waals surface area contributed by atoms with Crippen molar-refractivity contribution in [2.24, 2.45) is 20.5 Å². The van der Waals surface area contributed by atoms with E-state index >= 15 is 0 Å². The van der Waals surface area contributed by atoms with Gasteiger partial charge in [-0.2, -0.15) is 27.1 Å². The van der Waals surface area contributed by atoms with E-state index in [9.17, 15) is 45.7 Å². The fourth-order valence-corrected chi connectivity index (χ4v) is 7.26. The third-order valence-corrected chi connectivity index (χ3v) is 10.7. The van der Waals surface area contributed by atoms with Gasteiger partial charge in [-0.25, -0.2) is 0 Å². The molecule has 7 rings (SSSR count). The van der Waals surface area contributed by atoms with Crippen molar-refractivity contribution in [2.75, 3.05) is 16.4 Å². The molecule has 0 heterocycles. The first-order valence-electron chi connectivity index (χ1n) is 17.4. The molecule has 0 unspecified atom stereocenters. The molecule has 0 aromatic heterocycles. The Bertz CT molecular complexity index is 3170. The van der Waals surface area contributed by atoms with Crippen LogP contribution in [0.4, 0.5) is 39.8 Å². The van der Waals surface area contributed by atoms with Gasteiger partial charge in [0.2, 0.25) is 0 Å². The predicted octanol–water partition coefficient (Wildman–Crippen LogP) is 1.87. The number of carbonyl (C=O) groups excluding carboxylic acids is 2. The first-order valence-corrected chi connectivity index (χ1v) is 20.3. The molecule has 302 valence electrons. The largest absolute Gasteiger partial charge is 1.00 e. The van der Waals surface area contributed by atoms with Gasteiger partial charge in [0, 0.05) is 28.2 Å². The molecular weight excluding hydrogens is 861 g/mol. The molecule has 0 atom stereocenters. The van der Waals surface area contributed by atoms with E-state index in [1.54, 1.807) is 36.4 Å². The van der Waals surface area contributed by atoms with Crippen LogP contribution < -0.4 is 85.7 Å². The van der Waals surface area contributed by atoms with Gasteiger partial charge >= 0.3 is 59.1 Å². The van der Waals surface area contributed by atoms with Gasteiger partial charge in [0.1, 0.15) is 9.79 Å². The van der Waals surface area contributed by atoms with Crippen LogP contribution in [0.1, 0.15) is 26.3 Å². The van der Waals surface area contributed by atoms with E-state index in [1.165, 1.54) is 72.8 Å². The van der Waals surface area contributed by atoms with E-state index in [0.717, 1.165) is 17.7 Å². The summed E-state index contributed by atoms with van der Waals surface area (Å²) in [5.41, 5.74) is 7.00. The Kier molecular flexibility index (Phi) is 14.7. The fraction of sp³-hybridized carbons (Fsp3) is 0.0244. The Balaban J connectivity index is 0.00000363. The predicted molar refractivity (Wildman–Crippen MR) is 219 cm³/mol. The van der Waals surface area contributed by atoms with Crippen molar-refractivity contribution in [1.82, 2.24) is 0 Å². The normalized spacial score (nSPS) is 11.7. The molecule has 0 spiro atoms. The van der Waals surface area contributed by atoms with Crippen molar-refractivity contribution >= 4 is 93.4 Å². The van der Waals surface area contributed by atoms with E-state index in [2.05, 4.69) is 31.1 Å². The molecule has 0 aliphatic heterocycles. The molecular formula is C41H29N7Na2O10S2. The minimum absolute atomic E-state index is 0. The molecule has 17 nitrogen and oxygen atoms in total. The number of nitrogens with one attached hydrogen (secondary N) is 2. The van der Waals surface area contributed by atoms with Crippen molar-refractivity contribution in [3.63, 3.8) is 0 Å². The summed E-state index contributed by atoms with van der Waals surface area (Å²) in [4.78, 5) is 24.3. The average molecular weight is 890 g/mol. The molecule has 62 heavy (non-hydrogen) atoms. The van der Waals surface area contributed by atoms with Crippen LogP contribution in [0.2, 0.25) is 0 Å². The number of rotatable bonds is 10. The van der Waals surface area contributed by atoms with Crippen LogP contribution in [0, 0.1) is 6.92 Å². The molecule has 0 saturated heterocycles.